The zero-order chi connectivity index (χ0) is 10.1. The molecule has 0 atom stereocenters. The van der Waals surface area contributed by atoms with Gasteiger partial charge in [-0.25, -0.2) is 4.39 Å². The summed E-state index contributed by atoms with van der Waals surface area (Å²) in [5, 5.41) is 2.59. The van der Waals surface area contributed by atoms with Crippen LogP contribution in [0.15, 0.2) is 35.2 Å². The number of para-hydroxylation sites is 1. The van der Waals surface area contributed by atoms with E-state index < -0.39 is 11.8 Å². The summed E-state index contributed by atoms with van der Waals surface area (Å²) in [6, 6.07) is 5.99. The van der Waals surface area contributed by atoms with Gasteiger partial charge < -0.3 is 0 Å². The van der Waals surface area contributed by atoms with Crippen LogP contribution in [0.1, 0.15) is 5.56 Å². The van der Waals surface area contributed by atoms with E-state index in [1.54, 1.807) is 12.1 Å². The van der Waals surface area contributed by atoms with Gasteiger partial charge in [0.05, 0.1) is 0 Å². The third-order valence-corrected chi connectivity index (χ3v) is 1.79. The van der Waals surface area contributed by atoms with E-state index in [0.717, 1.165) is 6.08 Å². The van der Waals surface area contributed by atoms with Crippen molar-refractivity contribution in [1.29, 1.82) is 0 Å². The lowest BCUT2D eigenvalue weighted by Crippen LogP contribution is -2.04. The number of hydrazone groups is 1. The van der Waals surface area contributed by atoms with Crippen molar-refractivity contribution >= 4 is 17.7 Å². The zero-order valence-corrected chi connectivity index (χ0v) is 6.92. The second-order valence-corrected chi connectivity index (χ2v) is 2.70. The number of hydrogen-bond acceptors (Lipinski definition) is 2. The van der Waals surface area contributed by atoms with E-state index in [1.165, 1.54) is 12.1 Å². The largest absolute Gasteiger partial charge is 0.269 e. The van der Waals surface area contributed by atoms with Crippen molar-refractivity contribution < 1.29 is 13.3 Å². The lowest BCUT2D eigenvalue weighted by Gasteiger charge is -2.07. The molecule has 1 aromatic rings. The van der Waals surface area contributed by atoms with Crippen LogP contribution in [0.25, 0.3) is 6.08 Å². The molecule has 0 radical (unpaired) electrons. The number of halogens is 3. The first-order valence-corrected chi connectivity index (χ1v) is 3.85. The van der Waals surface area contributed by atoms with Crippen LogP contribution in [0.2, 0.25) is 0 Å². The van der Waals surface area contributed by atoms with Crippen molar-refractivity contribution in [2.75, 3.05) is 5.23 Å². The molecule has 0 spiro atoms. The van der Waals surface area contributed by atoms with Crippen molar-refractivity contribution in [2.24, 2.45) is 5.10 Å². The van der Waals surface area contributed by atoms with E-state index in [4.69, 9.17) is 0 Å². The summed E-state index contributed by atoms with van der Waals surface area (Å²) in [5.41, 5.74) is 0.249. The molecule has 1 heterocycles. The van der Waals surface area contributed by atoms with Gasteiger partial charge in [-0.05, 0) is 12.1 Å². The van der Waals surface area contributed by atoms with E-state index in [1.807, 2.05) is 0 Å². The smallest absolute Gasteiger partial charge is 0.202 e. The molecule has 0 aliphatic carbocycles. The van der Waals surface area contributed by atoms with Gasteiger partial charge in [-0.3, -0.25) is 0 Å². The molecule has 14 heavy (non-hydrogen) atoms. The fourth-order valence-corrected chi connectivity index (χ4v) is 1.15. The molecule has 0 bridgehead atoms. The molecule has 1 aliphatic heterocycles. The monoisotopic (exact) mass is 198 g/mol. The van der Waals surface area contributed by atoms with Crippen molar-refractivity contribution in [1.82, 2.24) is 0 Å². The zero-order valence-electron chi connectivity index (χ0n) is 6.92. The molecule has 0 N–H and O–H groups in total. The number of benzene rings is 1. The molecule has 0 fully saturated rings. The van der Waals surface area contributed by atoms with Crippen molar-refractivity contribution in [2.45, 2.75) is 0 Å². The Morgan fingerprint density at radius 1 is 1.14 bits per heavy atom. The van der Waals surface area contributed by atoms with Gasteiger partial charge in [0.15, 0.2) is 5.83 Å². The van der Waals surface area contributed by atoms with Crippen LogP contribution >= 0.6 is 0 Å². The highest BCUT2D eigenvalue weighted by atomic mass is 19.2. The summed E-state index contributed by atoms with van der Waals surface area (Å²) in [6.07, 6.45) is 0.897. The van der Waals surface area contributed by atoms with Crippen LogP contribution in [0, 0.1) is 0 Å². The highest BCUT2D eigenvalue weighted by molar-refractivity contribution is 5.97. The Morgan fingerprint density at radius 2 is 1.86 bits per heavy atom. The van der Waals surface area contributed by atoms with Crippen LogP contribution in [-0.2, 0) is 0 Å². The lowest BCUT2D eigenvalue weighted by molar-refractivity contribution is 0.441. The maximum atomic E-state index is 13.1. The van der Waals surface area contributed by atoms with Crippen LogP contribution < -0.4 is 5.23 Å². The third-order valence-electron chi connectivity index (χ3n) is 1.79. The van der Waals surface area contributed by atoms with Gasteiger partial charge in [-0.2, -0.15) is 4.39 Å². The number of hydrogen-bond donors (Lipinski definition) is 0. The van der Waals surface area contributed by atoms with E-state index in [2.05, 4.69) is 5.10 Å². The van der Waals surface area contributed by atoms with Gasteiger partial charge >= 0.3 is 0 Å². The Balaban J connectivity index is 2.61. The summed E-state index contributed by atoms with van der Waals surface area (Å²) >= 11 is 0. The molecule has 2 rings (SSSR count). The molecular weight excluding hydrogens is 193 g/mol. The lowest BCUT2D eigenvalue weighted by atomic mass is 10.1. The number of nitrogens with zero attached hydrogens (tertiary/aromatic N) is 2. The minimum atomic E-state index is -1.47. The Bertz CT molecular complexity index is 426. The second-order valence-electron chi connectivity index (χ2n) is 2.70. The van der Waals surface area contributed by atoms with E-state index in [-0.39, 0.29) is 16.5 Å². The minimum absolute atomic E-state index is 0.00954. The number of allylic oxidation sites excluding steroid dienone is 1. The Hall–Kier alpha value is -1.78. The molecule has 0 saturated carbocycles. The van der Waals surface area contributed by atoms with Gasteiger partial charge in [-0.1, -0.05) is 27.9 Å². The first-order valence-electron chi connectivity index (χ1n) is 3.85. The number of fused-ring (bicyclic) bond motifs is 1. The predicted octanol–water partition coefficient (Wildman–Crippen LogP) is 2.98. The van der Waals surface area contributed by atoms with E-state index in [0.29, 0.717) is 0 Å². The quantitative estimate of drug-likeness (QED) is 0.585. The first-order chi connectivity index (χ1) is 6.68. The number of anilines is 1. The summed E-state index contributed by atoms with van der Waals surface area (Å²) < 4.78 is 38.6. The molecule has 0 saturated heterocycles. The molecule has 0 amide bonds. The van der Waals surface area contributed by atoms with Gasteiger partial charge in [-0.15, -0.1) is 5.10 Å². The van der Waals surface area contributed by atoms with Crippen molar-refractivity contribution in [3.63, 3.8) is 0 Å². The normalized spacial score (nSPS) is 15.5. The molecule has 0 aromatic heterocycles. The molecule has 0 unspecified atom stereocenters. The summed E-state index contributed by atoms with van der Waals surface area (Å²) in [7, 11) is 0. The summed E-state index contributed by atoms with van der Waals surface area (Å²) in [4.78, 5) is 0. The predicted molar refractivity (Wildman–Crippen MR) is 47.7 cm³/mol. The van der Waals surface area contributed by atoms with Crippen LogP contribution in [0.3, 0.4) is 0 Å². The third kappa shape index (κ3) is 1.37. The number of rotatable bonds is 0. The Labute approximate surface area is 77.9 Å². The molecule has 72 valence electrons. The topological polar surface area (TPSA) is 15.6 Å². The van der Waals surface area contributed by atoms with Crippen LogP contribution in [0.4, 0.5) is 18.9 Å². The van der Waals surface area contributed by atoms with Gasteiger partial charge in [0.1, 0.15) is 5.69 Å². The summed E-state index contributed by atoms with van der Waals surface area (Å²) in [6.45, 7) is 0. The Morgan fingerprint density at radius 3 is 2.64 bits per heavy atom. The average Bonchev–Trinajstić information content (AvgIpc) is 2.27. The van der Waals surface area contributed by atoms with Gasteiger partial charge in [0.2, 0.25) is 0 Å². The molecular formula is C9H5F3N2. The van der Waals surface area contributed by atoms with Crippen LogP contribution in [0.5, 0.6) is 0 Å². The van der Waals surface area contributed by atoms with Crippen molar-refractivity contribution in [3.05, 3.63) is 35.7 Å². The molecule has 2 nitrogen and oxygen atoms in total. The highest BCUT2D eigenvalue weighted by Gasteiger charge is 2.17. The fourth-order valence-electron chi connectivity index (χ4n) is 1.15. The SMILES string of the molecule is FC1=Cc2ccccc2N(F)N=C1F. The maximum absolute atomic E-state index is 13.1. The summed E-state index contributed by atoms with van der Waals surface area (Å²) in [5.74, 6) is -2.65. The molecule has 1 aliphatic rings. The molecule has 5 heteroatoms. The maximum Gasteiger partial charge on any atom is 0.269 e. The average molecular weight is 198 g/mol. The minimum Gasteiger partial charge on any atom is -0.202 e. The fraction of sp³-hybridized carbons (Fsp3) is 0. The van der Waals surface area contributed by atoms with E-state index >= 15 is 0 Å². The highest BCUT2D eigenvalue weighted by Crippen LogP contribution is 2.27. The van der Waals surface area contributed by atoms with Crippen LogP contribution in [-0.4, -0.2) is 5.97 Å². The van der Waals surface area contributed by atoms with Gasteiger partial charge in [0, 0.05) is 5.56 Å². The van der Waals surface area contributed by atoms with Crippen molar-refractivity contribution in [3.8, 4) is 0 Å². The standard InChI is InChI=1S/C9H5F3N2/c10-7-5-6-3-1-2-4-8(6)14(12)13-9(7)11/h1-5H. The molecule has 1 aromatic carbocycles. The second kappa shape index (κ2) is 3.17. The van der Waals surface area contributed by atoms with E-state index in [9.17, 15) is 13.3 Å². The van der Waals surface area contributed by atoms with Gasteiger partial charge in [0.25, 0.3) is 5.97 Å². The Kier molecular flexibility index (Phi) is 1.99. The first kappa shape index (κ1) is 8.80.